The standard InChI is InChI=1S/C14H26N2O/c1-10(2)14-7-15-13(11-3-4-11)8-16(14)12-5-6-17-9-12/h10-15H,3-9H2,1-2H3. The zero-order valence-corrected chi connectivity index (χ0v) is 11.2. The number of ether oxygens (including phenoxy) is 1. The van der Waals surface area contributed by atoms with Crippen LogP contribution in [0.5, 0.6) is 0 Å². The van der Waals surface area contributed by atoms with Crippen LogP contribution < -0.4 is 5.32 Å². The van der Waals surface area contributed by atoms with Gasteiger partial charge in [0.05, 0.1) is 6.61 Å². The molecule has 17 heavy (non-hydrogen) atoms. The number of nitrogens with one attached hydrogen (secondary N) is 1. The van der Waals surface area contributed by atoms with Crippen LogP contribution in [0, 0.1) is 11.8 Å². The molecule has 3 unspecified atom stereocenters. The average molecular weight is 238 g/mol. The molecule has 0 bridgehead atoms. The van der Waals surface area contributed by atoms with Gasteiger partial charge in [-0.1, -0.05) is 13.8 Å². The van der Waals surface area contributed by atoms with Crippen molar-refractivity contribution in [2.75, 3.05) is 26.3 Å². The maximum atomic E-state index is 5.59. The molecule has 2 aliphatic heterocycles. The predicted octanol–water partition coefficient (Wildman–Crippen LogP) is 1.48. The molecule has 3 heteroatoms. The maximum absolute atomic E-state index is 5.59. The second-order valence-electron chi connectivity index (χ2n) is 6.38. The van der Waals surface area contributed by atoms with Crippen LogP contribution in [0.4, 0.5) is 0 Å². The number of hydrogen-bond acceptors (Lipinski definition) is 3. The van der Waals surface area contributed by atoms with E-state index >= 15 is 0 Å². The summed E-state index contributed by atoms with van der Waals surface area (Å²) in [6.07, 6.45) is 4.12. The molecule has 1 N–H and O–H groups in total. The van der Waals surface area contributed by atoms with E-state index in [2.05, 4.69) is 24.1 Å². The third kappa shape index (κ3) is 2.51. The fourth-order valence-electron chi connectivity index (χ4n) is 3.45. The normalized spacial score (nSPS) is 40.1. The number of hydrogen-bond donors (Lipinski definition) is 1. The Balaban J connectivity index is 1.68. The molecule has 3 nitrogen and oxygen atoms in total. The highest BCUT2D eigenvalue weighted by atomic mass is 16.5. The van der Waals surface area contributed by atoms with Crippen molar-refractivity contribution >= 4 is 0 Å². The van der Waals surface area contributed by atoms with Crippen LogP contribution in [0.25, 0.3) is 0 Å². The van der Waals surface area contributed by atoms with Crippen molar-refractivity contribution in [2.45, 2.75) is 51.2 Å². The lowest BCUT2D eigenvalue weighted by Crippen LogP contribution is -2.61. The highest BCUT2D eigenvalue weighted by molar-refractivity contribution is 4.97. The van der Waals surface area contributed by atoms with Crippen LogP contribution in [-0.2, 0) is 4.74 Å². The fraction of sp³-hybridized carbons (Fsp3) is 1.00. The van der Waals surface area contributed by atoms with Gasteiger partial charge in [0, 0.05) is 37.8 Å². The van der Waals surface area contributed by atoms with Gasteiger partial charge in [0.1, 0.15) is 0 Å². The fourth-order valence-corrected chi connectivity index (χ4v) is 3.45. The van der Waals surface area contributed by atoms with Gasteiger partial charge in [0.2, 0.25) is 0 Å². The predicted molar refractivity (Wildman–Crippen MR) is 69.1 cm³/mol. The van der Waals surface area contributed by atoms with Crippen LogP contribution in [0.1, 0.15) is 33.1 Å². The molecule has 2 heterocycles. The van der Waals surface area contributed by atoms with E-state index in [0.29, 0.717) is 12.1 Å². The Morgan fingerprint density at radius 1 is 1.24 bits per heavy atom. The van der Waals surface area contributed by atoms with Gasteiger partial charge >= 0.3 is 0 Å². The Bertz CT molecular complexity index is 259. The molecule has 1 aliphatic carbocycles. The zero-order valence-electron chi connectivity index (χ0n) is 11.2. The van der Waals surface area contributed by atoms with Crippen molar-refractivity contribution in [2.24, 2.45) is 11.8 Å². The molecule has 3 aliphatic rings. The Labute approximate surface area is 105 Å². The SMILES string of the molecule is CC(C)C1CNC(C2CC2)CN1C1CCOC1. The minimum atomic E-state index is 0.686. The Kier molecular flexibility index (Phi) is 3.42. The van der Waals surface area contributed by atoms with Crippen molar-refractivity contribution in [3.8, 4) is 0 Å². The quantitative estimate of drug-likeness (QED) is 0.806. The van der Waals surface area contributed by atoms with Crippen molar-refractivity contribution in [3.63, 3.8) is 0 Å². The number of rotatable bonds is 3. The lowest BCUT2D eigenvalue weighted by molar-refractivity contribution is 0.0439. The molecule has 0 spiro atoms. The third-order valence-electron chi connectivity index (χ3n) is 4.76. The summed E-state index contributed by atoms with van der Waals surface area (Å²) in [5.74, 6) is 1.70. The van der Waals surface area contributed by atoms with Gasteiger partial charge < -0.3 is 10.1 Å². The molecule has 0 aromatic heterocycles. The third-order valence-corrected chi connectivity index (χ3v) is 4.76. The molecular formula is C14H26N2O. The van der Waals surface area contributed by atoms with E-state index in [1.807, 2.05) is 0 Å². The molecule has 3 atom stereocenters. The van der Waals surface area contributed by atoms with E-state index < -0.39 is 0 Å². The van der Waals surface area contributed by atoms with Gasteiger partial charge in [-0.05, 0) is 31.1 Å². The Morgan fingerprint density at radius 3 is 2.65 bits per heavy atom. The minimum absolute atomic E-state index is 0.686. The van der Waals surface area contributed by atoms with Crippen LogP contribution in [0.15, 0.2) is 0 Å². The highest BCUT2D eigenvalue weighted by Crippen LogP contribution is 2.35. The van der Waals surface area contributed by atoms with Crippen molar-refractivity contribution in [1.82, 2.24) is 10.2 Å². The van der Waals surface area contributed by atoms with E-state index in [9.17, 15) is 0 Å². The van der Waals surface area contributed by atoms with Crippen LogP contribution in [-0.4, -0.2) is 49.3 Å². The van der Waals surface area contributed by atoms with Crippen molar-refractivity contribution in [1.29, 1.82) is 0 Å². The summed E-state index contributed by atoms with van der Waals surface area (Å²) in [7, 11) is 0. The first-order valence-electron chi connectivity index (χ1n) is 7.32. The summed E-state index contributed by atoms with van der Waals surface area (Å²) >= 11 is 0. The summed E-state index contributed by atoms with van der Waals surface area (Å²) in [4.78, 5) is 2.76. The molecule has 98 valence electrons. The zero-order chi connectivity index (χ0) is 11.8. The van der Waals surface area contributed by atoms with E-state index in [4.69, 9.17) is 4.74 Å². The first-order chi connectivity index (χ1) is 8.25. The van der Waals surface area contributed by atoms with E-state index in [-0.39, 0.29) is 0 Å². The second-order valence-corrected chi connectivity index (χ2v) is 6.38. The lowest BCUT2D eigenvalue weighted by Gasteiger charge is -2.45. The maximum Gasteiger partial charge on any atom is 0.0622 e. The molecule has 0 radical (unpaired) electrons. The first kappa shape index (κ1) is 11.9. The molecule has 0 amide bonds. The van der Waals surface area contributed by atoms with E-state index in [1.165, 1.54) is 32.4 Å². The molecule has 1 saturated carbocycles. The molecule has 2 saturated heterocycles. The summed E-state index contributed by atoms with van der Waals surface area (Å²) in [5, 5.41) is 3.78. The van der Waals surface area contributed by atoms with Gasteiger partial charge in [0.15, 0.2) is 0 Å². The van der Waals surface area contributed by atoms with Crippen molar-refractivity contribution in [3.05, 3.63) is 0 Å². The topological polar surface area (TPSA) is 24.5 Å². The first-order valence-corrected chi connectivity index (χ1v) is 7.32. The average Bonchev–Trinajstić information content (AvgIpc) is 3.04. The highest BCUT2D eigenvalue weighted by Gasteiger charge is 2.40. The van der Waals surface area contributed by atoms with Crippen LogP contribution >= 0.6 is 0 Å². The Hall–Kier alpha value is -0.120. The number of nitrogens with zero attached hydrogens (tertiary/aromatic N) is 1. The number of piperazine rings is 1. The molecule has 3 rings (SSSR count). The van der Waals surface area contributed by atoms with Crippen LogP contribution in [0.3, 0.4) is 0 Å². The largest absolute Gasteiger partial charge is 0.380 e. The summed E-state index contributed by atoms with van der Waals surface area (Å²) in [6.45, 7) is 9.06. The summed E-state index contributed by atoms with van der Waals surface area (Å²) in [6, 6.07) is 2.15. The second kappa shape index (κ2) is 4.87. The summed E-state index contributed by atoms with van der Waals surface area (Å²) in [5.41, 5.74) is 0. The Morgan fingerprint density at radius 2 is 2.06 bits per heavy atom. The summed E-state index contributed by atoms with van der Waals surface area (Å²) < 4.78 is 5.59. The van der Waals surface area contributed by atoms with E-state index in [1.54, 1.807) is 0 Å². The molecule has 0 aromatic carbocycles. The monoisotopic (exact) mass is 238 g/mol. The molecule has 0 aromatic rings. The smallest absolute Gasteiger partial charge is 0.0622 e. The van der Waals surface area contributed by atoms with E-state index in [0.717, 1.165) is 31.1 Å². The minimum Gasteiger partial charge on any atom is -0.380 e. The molecule has 3 fully saturated rings. The van der Waals surface area contributed by atoms with Gasteiger partial charge in [-0.25, -0.2) is 0 Å². The van der Waals surface area contributed by atoms with Gasteiger partial charge in [0.25, 0.3) is 0 Å². The van der Waals surface area contributed by atoms with Gasteiger partial charge in [-0.2, -0.15) is 0 Å². The van der Waals surface area contributed by atoms with Crippen LogP contribution in [0.2, 0.25) is 0 Å². The molecular weight excluding hydrogens is 212 g/mol. The lowest BCUT2D eigenvalue weighted by atomic mass is 9.95. The van der Waals surface area contributed by atoms with Gasteiger partial charge in [-0.3, -0.25) is 4.90 Å². The van der Waals surface area contributed by atoms with Crippen molar-refractivity contribution < 1.29 is 4.74 Å². The van der Waals surface area contributed by atoms with Gasteiger partial charge in [-0.15, -0.1) is 0 Å².